The lowest BCUT2D eigenvalue weighted by Crippen LogP contribution is -2.27. The molecule has 0 aliphatic rings. The van der Waals surface area contributed by atoms with Gasteiger partial charge in [0.25, 0.3) is 0 Å². The first-order chi connectivity index (χ1) is 8.66. The highest BCUT2D eigenvalue weighted by Gasteiger charge is 2.06. The predicted octanol–water partition coefficient (Wildman–Crippen LogP) is 2.92. The first-order valence-corrected chi connectivity index (χ1v) is 6.77. The van der Waals surface area contributed by atoms with E-state index in [1.54, 1.807) is 0 Å². The number of nitrogens with zero attached hydrogens (tertiary/aromatic N) is 2. The zero-order valence-corrected chi connectivity index (χ0v) is 11.6. The van der Waals surface area contributed by atoms with Crippen molar-refractivity contribution in [3.63, 3.8) is 0 Å². The monoisotopic (exact) mass is 245 g/mol. The van der Waals surface area contributed by atoms with E-state index in [1.165, 1.54) is 5.52 Å². The molecule has 2 rings (SSSR count). The number of aromatic nitrogens is 2. The second-order valence-electron chi connectivity index (χ2n) is 5.54. The van der Waals surface area contributed by atoms with Crippen LogP contribution in [-0.4, -0.2) is 22.6 Å². The van der Waals surface area contributed by atoms with Gasteiger partial charge in [-0.2, -0.15) is 0 Å². The standard InChI is InChI=1S/C15H23N3/c1-12(2)8-16-9-13(3)10-18-11-17-14-6-4-5-7-15(14)18/h4-7,11-13,16H,8-10H2,1-3H3. The van der Waals surface area contributed by atoms with Gasteiger partial charge in [0.1, 0.15) is 0 Å². The summed E-state index contributed by atoms with van der Waals surface area (Å²) in [7, 11) is 0. The van der Waals surface area contributed by atoms with Crippen LogP contribution in [0.25, 0.3) is 11.0 Å². The van der Waals surface area contributed by atoms with Gasteiger partial charge >= 0.3 is 0 Å². The molecule has 3 heteroatoms. The Morgan fingerprint density at radius 1 is 1.17 bits per heavy atom. The van der Waals surface area contributed by atoms with Crippen molar-refractivity contribution in [2.45, 2.75) is 27.3 Å². The minimum atomic E-state index is 0.612. The summed E-state index contributed by atoms with van der Waals surface area (Å²) in [4.78, 5) is 4.42. The van der Waals surface area contributed by atoms with Gasteiger partial charge in [0.2, 0.25) is 0 Å². The highest BCUT2D eigenvalue weighted by molar-refractivity contribution is 5.74. The Kier molecular flexibility index (Phi) is 4.37. The number of fused-ring (bicyclic) bond motifs is 1. The molecule has 0 radical (unpaired) electrons. The Morgan fingerprint density at radius 2 is 1.94 bits per heavy atom. The van der Waals surface area contributed by atoms with E-state index in [0.29, 0.717) is 11.8 Å². The zero-order valence-electron chi connectivity index (χ0n) is 11.6. The van der Waals surface area contributed by atoms with E-state index in [2.05, 4.69) is 53.8 Å². The van der Waals surface area contributed by atoms with E-state index >= 15 is 0 Å². The van der Waals surface area contributed by atoms with Crippen LogP contribution in [-0.2, 0) is 6.54 Å². The molecule has 0 saturated heterocycles. The molecular formula is C15H23N3. The van der Waals surface area contributed by atoms with Crippen molar-refractivity contribution < 1.29 is 0 Å². The fraction of sp³-hybridized carbons (Fsp3) is 0.533. The Morgan fingerprint density at radius 3 is 2.72 bits per heavy atom. The number of hydrogen-bond acceptors (Lipinski definition) is 2. The van der Waals surface area contributed by atoms with Crippen LogP contribution in [0.4, 0.5) is 0 Å². The number of rotatable bonds is 6. The molecular weight excluding hydrogens is 222 g/mol. The number of hydrogen-bond donors (Lipinski definition) is 1. The highest BCUT2D eigenvalue weighted by atomic mass is 15.0. The van der Waals surface area contributed by atoms with Crippen molar-refractivity contribution in [1.82, 2.24) is 14.9 Å². The number of para-hydroxylation sites is 2. The van der Waals surface area contributed by atoms with E-state index in [4.69, 9.17) is 0 Å². The molecule has 2 aromatic rings. The maximum Gasteiger partial charge on any atom is 0.0958 e. The minimum absolute atomic E-state index is 0.612. The number of imidazole rings is 1. The molecule has 0 saturated carbocycles. The molecule has 1 N–H and O–H groups in total. The van der Waals surface area contributed by atoms with Crippen LogP contribution in [0, 0.1) is 11.8 Å². The summed E-state index contributed by atoms with van der Waals surface area (Å²) in [5, 5.41) is 3.51. The van der Waals surface area contributed by atoms with E-state index in [1.807, 2.05) is 12.4 Å². The van der Waals surface area contributed by atoms with Crippen LogP contribution in [0.15, 0.2) is 30.6 Å². The summed E-state index contributed by atoms with van der Waals surface area (Å²) in [6.07, 6.45) is 1.95. The van der Waals surface area contributed by atoms with Gasteiger partial charge in [0, 0.05) is 6.54 Å². The number of nitrogens with one attached hydrogen (secondary N) is 1. The average molecular weight is 245 g/mol. The largest absolute Gasteiger partial charge is 0.330 e. The molecule has 0 aliphatic carbocycles. The van der Waals surface area contributed by atoms with Gasteiger partial charge in [-0.05, 0) is 37.1 Å². The van der Waals surface area contributed by atoms with Gasteiger partial charge in [-0.15, -0.1) is 0 Å². The fourth-order valence-electron chi connectivity index (χ4n) is 2.17. The molecule has 18 heavy (non-hydrogen) atoms. The van der Waals surface area contributed by atoms with Gasteiger partial charge in [0.15, 0.2) is 0 Å². The van der Waals surface area contributed by atoms with Crippen molar-refractivity contribution in [2.24, 2.45) is 11.8 Å². The zero-order chi connectivity index (χ0) is 13.0. The van der Waals surface area contributed by atoms with Crippen LogP contribution < -0.4 is 5.32 Å². The summed E-state index contributed by atoms with van der Waals surface area (Å²) in [6, 6.07) is 8.31. The molecule has 98 valence electrons. The second-order valence-corrected chi connectivity index (χ2v) is 5.54. The van der Waals surface area contributed by atoms with Crippen LogP contribution >= 0.6 is 0 Å². The van der Waals surface area contributed by atoms with E-state index in [0.717, 1.165) is 25.2 Å². The summed E-state index contributed by atoms with van der Waals surface area (Å²) >= 11 is 0. The van der Waals surface area contributed by atoms with Crippen LogP contribution in [0.3, 0.4) is 0 Å². The summed E-state index contributed by atoms with van der Waals surface area (Å²) in [6.45, 7) is 9.93. The van der Waals surface area contributed by atoms with Crippen molar-refractivity contribution in [2.75, 3.05) is 13.1 Å². The SMILES string of the molecule is CC(C)CNCC(C)Cn1cnc2ccccc21. The molecule has 0 fully saturated rings. The van der Waals surface area contributed by atoms with Gasteiger partial charge in [-0.1, -0.05) is 32.9 Å². The summed E-state index contributed by atoms with van der Waals surface area (Å²) in [5.74, 6) is 1.33. The third-order valence-corrected chi connectivity index (χ3v) is 3.08. The molecule has 1 atom stereocenters. The predicted molar refractivity (Wildman–Crippen MR) is 76.6 cm³/mol. The number of benzene rings is 1. The molecule has 0 bridgehead atoms. The quantitative estimate of drug-likeness (QED) is 0.848. The fourth-order valence-corrected chi connectivity index (χ4v) is 2.17. The first kappa shape index (κ1) is 13.1. The van der Waals surface area contributed by atoms with Crippen molar-refractivity contribution >= 4 is 11.0 Å². The summed E-state index contributed by atoms with van der Waals surface area (Å²) in [5.41, 5.74) is 2.31. The molecule has 1 unspecified atom stereocenters. The molecule has 1 heterocycles. The smallest absolute Gasteiger partial charge is 0.0958 e. The third kappa shape index (κ3) is 3.33. The Labute approximate surface area is 109 Å². The molecule has 0 aliphatic heterocycles. The Hall–Kier alpha value is -1.35. The van der Waals surface area contributed by atoms with Gasteiger partial charge < -0.3 is 9.88 Å². The van der Waals surface area contributed by atoms with Gasteiger partial charge in [-0.3, -0.25) is 0 Å². The Bertz CT molecular complexity index is 487. The lowest BCUT2D eigenvalue weighted by atomic mass is 10.1. The van der Waals surface area contributed by atoms with Gasteiger partial charge in [-0.25, -0.2) is 4.98 Å². The van der Waals surface area contributed by atoms with Gasteiger partial charge in [0.05, 0.1) is 17.4 Å². The lowest BCUT2D eigenvalue weighted by molar-refractivity contribution is 0.432. The molecule has 0 spiro atoms. The van der Waals surface area contributed by atoms with Crippen molar-refractivity contribution in [1.29, 1.82) is 0 Å². The van der Waals surface area contributed by atoms with E-state index in [9.17, 15) is 0 Å². The molecule has 0 amide bonds. The molecule has 1 aromatic heterocycles. The topological polar surface area (TPSA) is 29.9 Å². The van der Waals surface area contributed by atoms with Crippen LogP contribution in [0.1, 0.15) is 20.8 Å². The maximum atomic E-state index is 4.42. The highest BCUT2D eigenvalue weighted by Crippen LogP contribution is 2.13. The first-order valence-electron chi connectivity index (χ1n) is 6.77. The van der Waals surface area contributed by atoms with E-state index in [-0.39, 0.29) is 0 Å². The Balaban J connectivity index is 1.92. The summed E-state index contributed by atoms with van der Waals surface area (Å²) < 4.78 is 2.25. The molecule has 3 nitrogen and oxygen atoms in total. The third-order valence-electron chi connectivity index (χ3n) is 3.08. The van der Waals surface area contributed by atoms with Crippen LogP contribution in [0.2, 0.25) is 0 Å². The molecule has 1 aromatic carbocycles. The van der Waals surface area contributed by atoms with Crippen molar-refractivity contribution in [3.05, 3.63) is 30.6 Å². The minimum Gasteiger partial charge on any atom is -0.330 e. The van der Waals surface area contributed by atoms with E-state index < -0.39 is 0 Å². The van der Waals surface area contributed by atoms with Crippen molar-refractivity contribution in [3.8, 4) is 0 Å². The maximum absolute atomic E-state index is 4.42. The average Bonchev–Trinajstić information content (AvgIpc) is 2.72. The normalized spacial score (nSPS) is 13.3. The second kappa shape index (κ2) is 6.01. The lowest BCUT2D eigenvalue weighted by Gasteiger charge is -2.15. The van der Waals surface area contributed by atoms with Crippen LogP contribution in [0.5, 0.6) is 0 Å².